The molecule has 0 aliphatic rings. The lowest BCUT2D eigenvalue weighted by Gasteiger charge is -2.21. The number of pyridine rings is 1. The summed E-state index contributed by atoms with van der Waals surface area (Å²) < 4.78 is 0. The first-order valence-electron chi connectivity index (χ1n) is 5.55. The molecule has 3 heteroatoms. The molecule has 1 aromatic rings. The van der Waals surface area contributed by atoms with E-state index in [1.807, 2.05) is 18.2 Å². The molecule has 0 aliphatic carbocycles. The van der Waals surface area contributed by atoms with Gasteiger partial charge in [-0.2, -0.15) is 0 Å². The highest BCUT2D eigenvalue weighted by molar-refractivity contribution is 5.28. The molecule has 15 heavy (non-hydrogen) atoms. The Labute approximate surface area is 92.3 Å². The third kappa shape index (κ3) is 4.30. The van der Waals surface area contributed by atoms with Crippen molar-refractivity contribution in [1.82, 2.24) is 9.88 Å². The van der Waals surface area contributed by atoms with Crippen LogP contribution in [0.4, 0.5) is 5.82 Å². The quantitative estimate of drug-likeness (QED) is 0.804. The molecule has 0 fully saturated rings. The summed E-state index contributed by atoms with van der Waals surface area (Å²) in [5.74, 6) is 1.29. The van der Waals surface area contributed by atoms with Crippen LogP contribution in [-0.2, 0) is 6.54 Å². The van der Waals surface area contributed by atoms with Crippen molar-refractivity contribution in [2.24, 2.45) is 5.92 Å². The molecular formula is C12H21N3. The predicted molar refractivity (Wildman–Crippen MR) is 64.4 cm³/mol. The van der Waals surface area contributed by atoms with E-state index in [-0.39, 0.29) is 0 Å². The Morgan fingerprint density at radius 1 is 1.40 bits per heavy atom. The van der Waals surface area contributed by atoms with Gasteiger partial charge in [-0.15, -0.1) is 0 Å². The van der Waals surface area contributed by atoms with Gasteiger partial charge in [0, 0.05) is 13.1 Å². The van der Waals surface area contributed by atoms with Gasteiger partial charge in [-0.05, 0) is 24.6 Å². The minimum Gasteiger partial charge on any atom is -0.384 e. The van der Waals surface area contributed by atoms with E-state index >= 15 is 0 Å². The summed E-state index contributed by atoms with van der Waals surface area (Å²) in [5.41, 5.74) is 6.70. The normalized spacial score (nSPS) is 11.3. The first-order valence-corrected chi connectivity index (χ1v) is 5.55. The molecule has 2 N–H and O–H groups in total. The number of aromatic nitrogens is 1. The molecule has 0 amide bonds. The number of anilines is 1. The standard InChI is InChI=1S/C12H21N3/c1-4-15(8-10(2)3)9-11-6-5-7-12(13)14-11/h5-7,10H,4,8-9H2,1-3H3,(H2,13,14). The summed E-state index contributed by atoms with van der Waals surface area (Å²) in [6, 6.07) is 5.81. The van der Waals surface area contributed by atoms with E-state index in [2.05, 4.69) is 30.7 Å². The van der Waals surface area contributed by atoms with Gasteiger partial charge >= 0.3 is 0 Å². The fourth-order valence-electron chi connectivity index (χ4n) is 1.64. The fourth-order valence-corrected chi connectivity index (χ4v) is 1.64. The Morgan fingerprint density at radius 2 is 2.13 bits per heavy atom. The van der Waals surface area contributed by atoms with Crippen LogP contribution in [0.2, 0.25) is 0 Å². The minimum atomic E-state index is 0.605. The van der Waals surface area contributed by atoms with E-state index in [0.29, 0.717) is 11.7 Å². The topological polar surface area (TPSA) is 42.1 Å². The van der Waals surface area contributed by atoms with Crippen LogP contribution in [0.1, 0.15) is 26.5 Å². The monoisotopic (exact) mass is 207 g/mol. The van der Waals surface area contributed by atoms with Crippen LogP contribution in [0.25, 0.3) is 0 Å². The summed E-state index contributed by atoms with van der Waals surface area (Å²) >= 11 is 0. The summed E-state index contributed by atoms with van der Waals surface area (Å²) in [4.78, 5) is 6.69. The van der Waals surface area contributed by atoms with Gasteiger partial charge in [0.2, 0.25) is 0 Å². The van der Waals surface area contributed by atoms with Crippen LogP contribution >= 0.6 is 0 Å². The molecule has 1 aromatic heterocycles. The maximum atomic E-state index is 5.65. The minimum absolute atomic E-state index is 0.605. The second-order valence-electron chi connectivity index (χ2n) is 4.28. The number of hydrogen-bond donors (Lipinski definition) is 1. The zero-order chi connectivity index (χ0) is 11.3. The SMILES string of the molecule is CCN(Cc1cccc(N)n1)CC(C)C. The maximum Gasteiger partial charge on any atom is 0.123 e. The highest BCUT2D eigenvalue weighted by Crippen LogP contribution is 2.06. The summed E-state index contributed by atoms with van der Waals surface area (Å²) in [7, 11) is 0. The zero-order valence-corrected chi connectivity index (χ0v) is 9.90. The lowest BCUT2D eigenvalue weighted by molar-refractivity contribution is 0.246. The van der Waals surface area contributed by atoms with Gasteiger partial charge in [-0.3, -0.25) is 4.90 Å². The number of nitrogens with zero attached hydrogens (tertiary/aromatic N) is 2. The average molecular weight is 207 g/mol. The van der Waals surface area contributed by atoms with Crippen molar-refractivity contribution in [3.63, 3.8) is 0 Å². The lowest BCUT2D eigenvalue weighted by atomic mass is 10.2. The van der Waals surface area contributed by atoms with Crippen molar-refractivity contribution >= 4 is 5.82 Å². The Morgan fingerprint density at radius 3 is 2.67 bits per heavy atom. The Bertz CT molecular complexity index is 297. The Hall–Kier alpha value is -1.09. The van der Waals surface area contributed by atoms with Crippen molar-refractivity contribution in [1.29, 1.82) is 0 Å². The third-order valence-electron chi connectivity index (χ3n) is 2.28. The molecule has 1 rings (SSSR count). The average Bonchev–Trinajstić information content (AvgIpc) is 2.16. The summed E-state index contributed by atoms with van der Waals surface area (Å²) in [6.45, 7) is 9.68. The first kappa shape index (κ1) is 12.0. The van der Waals surface area contributed by atoms with Gasteiger partial charge in [-0.25, -0.2) is 4.98 Å². The number of rotatable bonds is 5. The van der Waals surface area contributed by atoms with E-state index in [1.165, 1.54) is 0 Å². The van der Waals surface area contributed by atoms with Crippen LogP contribution < -0.4 is 5.73 Å². The largest absolute Gasteiger partial charge is 0.384 e. The van der Waals surface area contributed by atoms with E-state index in [1.54, 1.807) is 0 Å². The molecule has 0 atom stereocenters. The summed E-state index contributed by atoms with van der Waals surface area (Å²) in [5, 5.41) is 0. The zero-order valence-electron chi connectivity index (χ0n) is 9.90. The molecule has 0 radical (unpaired) electrons. The highest BCUT2D eigenvalue weighted by Gasteiger charge is 2.06. The van der Waals surface area contributed by atoms with Crippen molar-refractivity contribution < 1.29 is 0 Å². The molecule has 84 valence electrons. The predicted octanol–water partition coefficient (Wildman–Crippen LogP) is 2.14. The van der Waals surface area contributed by atoms with Crippen molar-refractivity contribution in [3.8, 4) is 0 Å². The molecule has 0 aliphatic heterocycles. The molecule has 0 saturated heterocycles. The van der Waals surface area contributed by atoms with Crippen LogP contribution in [-0.4, -0.2) is 23.0 Å². The van der Waals surface area contributed by atoms with Crippen LogP contribution in [0.5, 0.6) is 0 Å². The fraction of sp³-hybridized carbons (Fsp3) is 0.583. The number of hydrogen-bond acceptors (Lipinski definition) is 3. The van der Waals surface area contributed by atoms with Gasteiger partial charge < -0.3 is 5.73 Å². The van der Waals surface area contributed by atoms with E-state index in [0.717, 1.165) is 25.3 Å². The van der Waals surface area contributed by atoms with Gasteiger partial charge in [0.05, 0.1) is 5.69 Å². The number of nitrogens with two attached hydrogens (primary N) is 1. The highest BCUT2D eigenvalue weighted by atomic mass is 15.1. The molecule has 0 bridgehead atoms. The molecular weight excluding hydrogens is 186 g/mol. The van der Waals surface area contributed by atoms with Crippen LogP contribution in [0, 0.1) is 5.92 Å². The van der Waals surface area contributed by atoms with Crippen molar-refractivity contribution in [2.75, 3.05) is 18.8 Å². The van der Waals surface area contributed by atoms with Gasteiger partial charge in [0.25, 0.3) is 0 Å². The second kappa shape index (κ2) is 5.71. The Balaban J connectivity index is 2.58. The lowest BCUT2D eigenvalue weighted by Crippen LogP contribution is -2.27. The number of nitrogen functional groups attached to an aromatic ring is 1. The first-order chi connectivity index (χ1) is 7.11. The molecule has 0 aromatic carbocycles. The van der Waals surface area contributed by atoms with Crippen molar-refractivity contribution in [2.45, 2.75) is 27.3 Å². The van der Waals surface area contributed by atoms with Gasteiger partial charge in [0.15, 0.2) is 0 Å². The van der Waals surface area contributed by atoms with Crippen LogP contribution in [0.15, 0.2) is 18.2 Å². The molecule has 0 unspecified atom stereocenters. The van der Waals surface area contributed by atoms with E-state index in [9.17, 15) is 0 Å². The van der Waals surface area contributed by atoms with E-state index in [4.69, 9.17) is 5.73 Å². The van der Waals surface area contributed by atoms with E-state index < -0.39 is 0 Å². The van der Waals surface area contributed by atoms with Gasteiger partial charge in [0.1, 0.15) is 5.82 Å². The molecule has 0 spiro atoms. The molecule has 0 saturated carbocycles. The molecule has 1 heterocycles. The van der Waals surface area contributed by atoms with Crippen molar-refractivity contribution in [3.05, 3.63) is 23.9 Å². The van der Waals surface area contributed by atoms with Crippen LogP contribution in [0.3, 0.4) is 0 Å². The second-order valence-corrected chi connectivity index (χ2v) is 4.28. The molecule has 3 nitrogen and oxygen atoms in total. The maximum absolute atomic E-state index is 5.65. The smallest absolute Gasteiger partial charge is 0.123 e. The summed E-state index contributed by atoms with van der Waals surface area (Å²) in [6.07, 6.45) is 0. The van der Waals surface area contributed by atoms with Gasteiger partial charge in [-0.1, -0.05) is 26.8 Å². The third-order valence-corrected chi connectivity index (χ3v) is 2.28. The Kier molecular flexibility index (Phi) is 4.56.